The van der Waals surface area contributed by atoms with Crippen LogP contribution < -0.4 is 5.32 Å². The minimum Gasteiger partial charge on any atom is -0.388 e. The number of hydrogen-bond acceptors (Lipinski definition) is 5. The second-order valence-electron chi connectivity index (χ2n) is 8.94. The van der Waals surface area contributed by atoms with Crippen molar-refractivity contribution in [2.75, 3.05) is 19.7 Å². The summed E-state index contributed by atoms with van der Waals surface area (Å²) in [5.41, 5.74) is 2.77. The lowest BCUT2D eigenvalue weighted by molar-refractivity contribution is -0.181. The van der Waals surface area contributed by atoms with Crippen molar-refractivity contribution in [3.05, 3.63) is 35.7 Å². The molecule has 2 atom stereocenters. The van der Waals surface area contributed by atoms with E-state index in [1.165, 1.54) is 16.6 Å². The molecule has 0 radical (unpaired) electrons. The van der Waals surface area contributed by atoms with Gasteiger partial charge in [0.05, 0.1) is 29.5 Å². The normalized spacial score (nSPS) is 27.4. The third kappa shape index (κ3) is 3.91. The average Bonchev–Trinajstić information content (AvgIpc) is 3.11. The Hall–Kier alpha value is -1.96. The lowest BCUT2D eigenvalue weighted by Crippen LogP contribution is -2.65. The van der Waals surface area contributed by atoms with Gasteiger partial charge in [-0.25, -0.2) is 4.52 Å². The second-order valence-corrected chi connectivity index (χ2v) is 8.94. The standard InChI is InChI=1S/C22H32N4O3/c1-4-19(28)24-21(3)15-22(29-14-18(21)27)7-10-25(11-8-22)13-17-12-23-26-9-5-6-16(2)20(17)26/h5-6,9,12,18,27H,4,7-8,10-11,13-15H2,1-3H3,(H,24,28)/t18-,21-/m1/s1. The highest BCUT2D eigenvalue weighted by atomic mass is 16.5. The van der Waals surface area contributed by atoms with Crippen molar-refractivity contribution >= 4 is 11.4 Å². The average molecular weight is 401 g/mol. The smallest absolute Gasteiger partial charge is 0.220 e. The highest BCUT2D eigenvalue weighted by Gasteiger charge is 2.50. The van der Waals surface area contributed by atoms with Gasteiger partial charge >= 0.3 is 0 Å². The highest BCUT2D eigenvalue weighted by molar-refractivity contribution is 5.76. The number of likely N-dealkylation sites (tertiary alicyclic amines) is 1. The fourth-order valence-electron chi connectivity index (χ4n) is 4.90. The summed E-state index contributed by atoms with van der Waals surface area (Å²) >= 11 is 0. The molecule has 4 rings (SSSR count). The molecule has 2 aliphatic rings. The first-order valence-electron chi connectivity index (χ1n) is 10.6. The van der Waals surface area contributed by atoms with Crippen LogP contribution in [0.25, 0.3) is 5.52 Å². The zero-order valence-corrected chi connectivity index (χ0v) is 17.6. The van der Waals surface area contributed by atoms with E-state index < -0.39 is 11.6 Å². The van der Waals surface area contributed by atoms with Crippen molar-refractivity contribution < 1.29 is 14.6 Å². The van der Waals surface area contributed by atoms with E-state index in [0.29, 0.717) is 12.8 Å². The van der Waals surface area contributed by atoms with Crippen molar-refractivity contribution in [3.8, 4) is 0 Å². The molecule has 0 bridgehead atoms. The largest absolute Gasteiger partial charge is 0.388 e. The molecule has 2 aromatic heterocycles. The van der Waals surface area contributed by atoms with E-state index in [-0.39, 0.29) is 18.1 Å². The number of fused-ring (bicyclic) bond motifs is 1. The molecule has 0 aromatic carbocycles. The Labute approximate surface area is 172 Å². The van der Waals surface area contributed by atoms with Crippen LogP contribution in [0.4, 0.5) is 0 Å². The van der Waals surface area contributed by atoms with Gasteiger partial charge in [-0.2, -0.15) is 5.10 Å². The van der Waals surface area contributed by atoms with Crippen molar-refractivity contribution in [1.29, 1.82) is 0 Å². The number of nitrogens with zero attached hydrogens (tertiary/aromatic N) is 3. The predicted octanol–water partition coefficient (Wildman–Crippen LogP) is 2.04. The maximum atomic E-state index is 12.0. The van der Waals surface area contributed by atoms with Crippen LogP contribution in [0.1, 0.15) is 50.7 Å². The van der Waals surface area contributed by atoms with Gasteiger partial charge < -0.3 is 15.2 Å². The highest BCUT2D eigenvalue weighted by Crippen LogP contribution is 2.40. The first kappa shape index (κ1) is 20.3. The Balaban J connectivity index is 1.42. The molecule has 2 N–H and O–H groups in total. The SMILES string of the molecule is CCC(=O)N[C@]1(C)CC2(CCN(Cc3cnn4cccc(C)c34)CC2)OC[C@H]1O. The zero-order valence-electron chi connectivity index (χ0n) is 17.6. The van der Waals surface area contributed by atoms with Crippen molar-refractivity contribution in [2.24, 2.45) is 0 Å². The number of aliphatic hydroxyl groups is 1. The minimum atomic E-state index is -0.677. The molecule has 29 heavy (non-hydrogen) atoms. The van der Waals surface area contributed by atoms with E-state index in [9.17, 15) is 9.90 Å². The van der Waals surface area contributed by atoms with E-state index in [1.54, 1.807) is 0 Å². The van der Waals surface area contributed by atoms with Gasteiger partial charge in [-0.3, -0.25) is 9.69 Å². The van der Waals surface area contributed by atoms with Gasteiger partial charge in [0.25, 0.3) is 0 Å². The van der Waals surface area contributed by atoms with Crippen molar-refractivity contribution in [2.45, 2.75) is 70.2 Å². The number of carbonyl (C=O) groups excluding carboxylic acids is 1. The fourth-order valence-corrected chi connectivity index (χ4v) is 4.90. The summed E-state index contributed by atoms with van der Waals surface area (Å²) in [5, 5.41) is 18.0. The number of piperidine rings is 1. The van der Waals surface area contributed by atoms with Gasteiger partial charge in [0.15, 0.2) is 0 Å². The van der Waals surface area contributed by atoms with E-state index in [2.05, 4.69) is 28.3 Å². The van der Waals surface area contributed by atoms with Gasteiger partial charge in [-0.15, -0.1) is 0 Å². The summed E-state index contributed by atoms with van der Waals surface area (Å²) in [7, 11) is 0. The zero-order chi connectivity index (χ0) is 20.6. The molecule has 0 unspecified atom stereocenters. The lowest BCUT2D eigenvalue weighted by atomic mass is 9.74. The van der Waals surface area contributed by atoms with Gasteiger partial charge in [-0.05, 0) is 38.3 Å². The van der Waals surface area contributed by atoms with Gasteiger partial charge in [0.1, 0.15) is 6.10 Å². The minimum absolute atomic E-state index is 0.0236. The summed E-state index contributed by atoms with van der Waals surface area (Å²) in [6.07, 6.45) is 6.15. The van der Waals surface area contributed by atoms with Crippen LogP contribution in [0.3, 0.4) is 0 Å². The maximum Gasteiger partial charge on any atom is 0.220 e. The number of nitrogens with one attached hydrogen (secondary N) is 1. The van der Waals surface area contributed by atoms with Crippen LogP contribution in [0.15, 0.2) is 24.5 Å². The third-order valence-corrected chi connectivity index (χ3v) is 6.70. The quantitative estimate of drug-likeness (QED) is 0.821. The molecule has 7 nitrogen and oxygen atoms in total. The van der Waals surface area contributed by atoms with E-state index in [1.807, 2.05) is 36.8 Å². The number of aryl methyl sites for hydroxylation is 1. The van der Waals surface area contributed by atoms with Crippen LogP contribution in [0.2, 0.25) is 0 Å². The number of ether oxygens (including phenoxy) is 1. The Kier molecular flexibility index (Phi) is 5.40. The third-order valence-electron chi connectivity index (χ3n) is 6.70. The van der Waals surface area contributed by atoms with Crippen LogP contribution in [-0.2, 0) is 16.1 Å². The molecule has 7 heteroatoms. The monoisotopic (exact) mass is 400 g/mol. The Morgan fingerprint density at radius 1 is 1.41 bits per heavy atom. The van der Waals surface area contributed by atoms with E-state index in [4.69, 9.17) is 4.74 Å². The molecule has 4 heterocycles. The number of aliphatic hydroxyl groups excluding tert-OH is 1. The Morgan fingerprint density at radius 3 is 2.90 bits per heavy atom. The summed E-state index contributed by atoms with van der Waals surface area (Å²) in [4.78, 5) is 14.4. The van der Waals surface area contributed by atoms with Crippen LogP contribution in [-0.4, -0.2) is 62.5 Å². The molecule has 0 saturated carbocycles. The molecule has 1 amide bonds. The number of pyridine rings is 1. The number of amides is 1. The second kappa shape index (κ2) is 7.70. The maximum absolute atomic E-state index is 12.0. The number of hydrogen-bond donors (Lipinski definition) is 2. The summed E-state index contributed by atoms with van der Waals surface area (Å²) < 4.78 is 8.11. The lowest BCUT2D eigenvalue weighted by Gasteiger charge is -2.52. The topological polar surface area (TPSA) is 79.1 Å². The number of carbonyl (C=O) groups is 1. The van der Waals surface area contributed by atoms with Crippen molar-refractivity contribution in [3.63, 3.8) is 0 Å². The molecule has 2 aromatic rings. The van der Waals surface area contributed by atoms with Crippen LogP contribution in [0.5, 0.6) is 0 Å². The molecule has 1 spiro atoms. The summed E-state index contributed by atoms with van der Waals surface area (Å²) in [6.45, 7) is 8.90. The molecule has 158 valence electrons. The van der Waals surface area contributed by atoms with Crippen LogP contribution >= 0.6 is 0 Å². The molecule has 2 saturated heterocycles. The van der Waals surface area contributed by atoms with E-state index in [0.717, 1.165) is 32.5 Å². The first-order chi connectivity index (χ1) is 13.8. The molecule has 2 fully saturated rings. The van der Waals surface area contributed by atoms with E-state index >= 15 is 0 Å². The molecule has 2 aliphatic heterocycles. The fraction of sp³-hybridized carbons (Fsp3) is 0.636. The van der Waals surface area contributed by atoms with Gasteiger partial charge in [0, 0.05) is 44.2 Å². The summed E-state index contributed by atoms with van der Waals surface area (Å²) in [6, 6.07) is 4.14. The Morgan fingerprint density at radius 2 is 2.17 bits per heavy atom. The predicted molar refractivity (Wildman–Crippen MR) is 111 cm³/mol. The molecular formula is C22H32N4O3. The number of rotatable bonds is 4. The van der Waals surface area contributed by atoms with Gasteiger partial charge in [-0.1, -0.05) is 13.0 Å². The summed E-state index contributed by atoms with van der Waals surface area (Å²) in [5.74, 6) is -0.0236. The van der Waals surface area contributed by atoms with Gasteiger partial charge in [0.2, 0.25) is 5.91 Å². The first-order valence-corrected chi connectivity index (χ1v) is 10.6. The Bertz CT molecular complexity index is 887. The van der Waals surface area contributed by atoms with Crippen molar-refractivity contribution in [1.82, 2.24) is 19.8 Å². The molecular weight excluding hydrogens is 368 g/mol. The molecule has 0 aliphatic carbocycles. The number of aromatic nitrogens is 2. The van der Waals surface area contributed by atoms with Crippen LogP contribution in [0, 0.1) is 6.92 Å².